The molecular formula is C17H20N8O. The summed E-state index contributed by atoms with van der Waals surface area (Å²) in [6.45, 7) is 3.95. The Morgan fingerprint density at radius 2 is 2.15 bits per heavy atom. The normalized spacial score (nSPS) is 14.5. The van der Waals surface area contributed by atoms with Crippen molar-refractivity contribution < 1.29 is 0 Å². The van der Waals surface area contributed by atoms with Crippen molar-refractivity contribution >= 4 is 5.82 Å². The molecule has 3 aromatic heterocycles. The van der Waals surface area contributed by atoms with E-state index in [2.05, 4.69) is 43.3 Å². The predicted octanol–water partition coefficient (Wildman–Crippen LogP) is 1.47. The van der Waals surface area contributed by atoms with E-state index < -0.39 is 0 Å². The number of aromatic nitrogens is 7. The quantitative estimate of drug-likeness (QED) is 0.699. The van der Waals surface area contributed by atoms with Crippen LogP contribution >= 0.6 is 0 Å². The van der Waals surface area contributed by atoms with Crippen LogP contribution in [0.2, 0.25) is 0 Å². The first-order valence-corrected chi connectivity index (χ1v) is 8.68. The molecule has 1 aliphatic heterocycles. The fraction of sp³-hybridized carbons (Fsp3) is 0.353. The summed E-state index contributed by atoms with van der Waals surface area (Å²) in [6, 6.07) is 1.82. The fourth-order valence-corrected chi connectivity index (χ4v) is 3.13. The van der Waals surface area contributed by atoms with E-state index in [1.807, 2.05) is 6.07 Å². The summed E-state index contributed by atoms with van der Waals surface area (Å²) < 4.78 is 2.80. The van der Waals surface area contributed by atoms with Crippen LogP contribution in [-0.2, 0) is 0 Å². The molecule has 9 heteroatoms. The summed E-state index contributed by atoms with van der Waals surface area (Å²) in [4.78, 5) is 23.4. The number of rotatable bonds is 5. The molecule has 0 atom stereocenters. The molecule has 4 rings (SSSR count). The minimum Gasteiger partial charge on any atom is -0.352 e. The minimum atomic E-state index is -0.246. The molecule has 0 fully saturated rings. The summed E-state index contributed by atoms with van der Waals surface area (Å²) in [7, 11) is 0. The standard InChI is InChI=1S/C17H20N8O/c1-2-3-13-4-7-23(8-5-13)15-10-16(19-12-18-15)25-17(26)14(11-21-25)24-9-6-20-22-24/h4,6,9-12,21H,2-3,5,7-8H2,1H3. The molecule has 0 saturated heterocycles. The van der Waals surface area contributed by atoms with Crippen molar-refractivity contribution in [1.29, 1.82) is 0 Å². The molecule has 0 radical (unpaired) electrons. The lowest BCUT2D eigenvalue weighted by Crippen LogP contribution is -2.29. The smallest absolute Gasteiger partial charge is 0.298 e. The van der Waals surface area contributed by atoms with Crippen LogP contribution in [0, 0.1) is 0 Å². The summed E-state index contributed by atoms with van der Waals surface area (Å²) >= 11 is 0. The predicted molar refractivity (Wildman–Crippen MR) is 96.7 cm³/mol. The zero-order valence-electron chi connectivity index (χ0n) is 14.5. The molecule has 0 amide bonds. The van der Waals surface area contributed by atoms with Gasteiger partial charge in [-0.1, -0.05) is 30.2 Å². The Labute approximate surface area is 150 Å². The minimum absolute atomic E-state index is 0.246. The lowest BCUT2D eigenvalue weighted by Gasteiger charge is -2.27. The third-order valence-electron chi connectivity index (χ3n) is 4.49. The Kier molecular flexibility index (Phi) is 4.34. The fourth-order valence-electron chi connectivity index (χ4n) is 3.13. The van der Waals surface area contributed by atoms with Crippen LogP contribution in [0.1, 0.15) is 26.2 Å². The molecule has 1 aliphatic rings. The number of nitrogens with one attached hydrogen (secondary N) is 1. The van der Waals surface area contributed by atoms with Gasteiger partial charge in [-0.2, -0.15) is 4.68 Å². The van der Waals surface area contributed by atoms with E-state index in [1.54, 1.807) is 12.4 Å². The number of H-pyrrole nitrogens is 1. The topological polar surface area (TPSA) is 97.5 Å². The van der Waals surface area contributed by atoms with Crippen molar-refractivity contribution in [3.8, 4) is 11.5 Å². The van der Waals surface area contributed by atoms with Crippen molar-refractivity contribution in [2.75, 3.05) is 18.0 Å². The molecular weight excluding hydrogens is 332 g/mol. The van der Waals surface area contributed by atoms with Crippen LogP contribution in [0.15, 0.2) is 47.4 Å². The molecule has 3 aromatic rings. The van der Waals surface area contributed by atoms with Crippen molar-refractivity contribution in [2.24, 2.45) is 0 Å². The highest BCUT2D eigenvalue weighted by molar-refractivity contribution is 5.45. The Morgan fingerprint density at radius 3 is 2.88 bits per heavy atom. The summed E-state index contributed by atoms with van der Waals surface area (Å²) in [5.41, 5.74) is 1.65. The molecule has 1 N–H and O–H groups in total. The Hall–Kier alpha value is -3.23. The molecule has 0 spiro atoms. The lowest BCUT2D eigenvalue weighted by atomic mass is 10.0. The van der Waals surface area contributed by atoms with Gasteiger partial charge in [0.1, 0.15) is 12.1 Å². The van der Waals surface area contributed by atoms with Gasteiger partial charge in [0.15, 0.2) is 11.5 Å². The van der Waals surface area contributed by atoms with Crippen LogP contribution in [0.3, 0.4) is 0 Å². The van der Waals surface area contributed by atoms with Crippen molar-refractivity contribution in [3.63, 3.8) is 0 Å². The van der Waals surface area contributed by atoms with Gasteiger partial charge in [-0.25, -0.2) is 14.6 Å². The van der Waals surface area contributed by atoms with Gasteiger partial charge in [-0.15, -0.1) is 5.10 Å². The van der Waals surface area contributed by atoms with Crippen LogP contribution in [0.4, 0.5) is 5.82 Å². The highest BCUT2D eigenvalue weighted by Crippen LogP contribution is 2.21. The number of hydrogen-bond donors (Lipinski definition) is 1. The molecule has 4 heterocycles. The van der Waals surface area contributed by atoms with Gasteiger partial charge in [0, 0.05) is 19.2 Å². The number of aromatic amines is 1. The first-order valence-electron chi connectivity index (χ1n) is 8.68. The molecule has 134 valence electrons. The first-order chi connectivity index (χ1) is 12.8. The molecule has 26 heavy (non-hydrogen) atoms. The van der Waals surface area contributed by atoms with E-state index in [0.29, 0.717) is 11.5 Å². The van der Waals surface area contributed by atoms with Crippen molar-refractivity contribution in [1.82, 2.24) is 34.7 Å². The molecule has 0 aliphatic carbocycles. The molecule has 9 nitrogen and oxygen atoms in total. The molecule has 0 unspecified atom stereocenters. The zero-order valence-corrected chi connectivity index (χ0v) is 14.5. The third kappa shape index (κ3) is 3.03. The highest BCUT2D eigenvalue weighted by atomic mass is 16.1. The second-order valence-corrected chi connectivity index (χ2v) is 6.19. The summed E-state index contributed by atoms with van der Waals surface area (Å²) in [5, 5.41) is 10.5. The maximum atomic E-state index is 12.6. The van der Waals surface area contributed by atoms with Gasteiger partial charge in [-0.3, -0.25) is 9.89 Å². The average Bonchev–Trinajstić information content (AvgIpc) is 3.32. The largest absolute Gasteiger partial charge is 0.352 e. The number of nitrogens with zero attached hydrogens (tertiary/aromatic N) is 7. The molecule has 0 saturated carbocycles. The highest BCUT2D eigenvalue weighted by Gasteiger charge is 2.16. The van der Waals surface area contributed by atoms with Crippen molar-refractivity contribution in [2.45, 2.75) is 26.2 Å². The van der Waals surface area contributed by atoms with Gasteiger partial charge in [0.2, 0.25) is 0 Å². The van der Waals surface area contributed by atoms with Gasteiger partial charge in [0.25, 0.3) is 5.56 Å². The Morgan fingerprint density at radius 1 is 1.27 bits per heavy atom. The molecule has 0 bridgehead atoms. The van der Waals surface area contributed by atoms with E-state index in [9.17, 15) is 4.79 Å². The van der Waals surface area contributed by atoms with E-state index in [0.717, 1.165) is 31.7 Å². The maximum Gasteiger partial charge on any atom is 0.298 e. The van der Waals surface area contributed by atoms with Crippen LogP contribution in [0.5, 0.6) is 0 Å². The summed E-state index contributed by atoms with van der Waals surface area (Å²) in [6.07, 6.45) is 11.9. The average molecular weight is 352 g/mol. The zero-order chi connectivity index (χ0) is 17.9. The Bertz CT molecular complexity index is 969. The second kappa shape index (κ2) is 6.95. The second-order valence-electron chi connectivity index (χ2n) is 6.19. The molecule has 0 aromatic carbocycles. The van der Waals surface area contributed by atoms with Crippen molar-refractivity contribution in [3.05, 3.63) is 53.0 Å². The SMILES string of the molecule is CCCC1=CCN(c2cc(-n3[nH]cc(-n4ccnn4)c3=O)ncn2)CC1. The van der Waals surface area contributed by atoms with Gasteiger partial charge >= 0.3 is 0 Å². The van der Waals surface area contributed by atoms with E-state index in [4.69, 9.17) is 0 Å². The van der Waals surface area contributed by atoms with Gasteiger partial charge in [-0.05, 0) is 12.8 Å². The van der Waals surface area contributed by atoms with Gasteiger partial charge < -0.3 is 4.90 Å². The van der Waals surface area contributed by atoms with Crippen LogP contribution < -0.4 is 10.5 Å². The lowest BCUT2D eigenvalue weighted by molar-refractivity contribution is 0.726. The van der Waals surface area contributed by atoms with E-state index in [-0.39, 0.29) is 5.56 Å². The van der Waals surface area contributed by atoms with Crippen LogP contribution in [-0.4, -0.2) is 47.8 Å². The number of hydrogen-bond acceptors (Lipinski definition) is 6. The Balaban J connectivity index is 1.60. The number of anilines is 1. The summed E-state index contributed by atoms with van der Waals surface area (Å²) in [5.74, 6) is 1.31. The van der Waals surface area contributed by atoms with Crippen LogP contribution in [0.25, 0.3) is 11.5 Å². The van der Waals surface area contributed by atoms with E-state index in [1.165, 1.54) is 33.9 Å². The monoisotopic (exact) mass is 352 g/mol. The van der Waals surface area contributed by atoms with Gasteiger partial charge in [0.05, 0.1) is 18.6 Å². The van der Waals surface area contributed by atoms with E-state index >= 15 is 0 Å². The third-order valence-corrected chi connectivity index (χ3v) is 4.49. The maximum absolute atomic E-state index is 12.6. The first kappa shape index (κ1) is 16.2.